The van der Waals surface area contributed by atoms with E-state index in [2.05, 4.69) is 5.32 Å². The summed E-state index contributed by atoms with van der Waals surface area (Å²) in [6.45, 7) is 5.19. The molecule has 0 heterocycles. The Morgan fingerprint density at radius 2 is 1.86 bits per heavy atom. The molecule has 6 heteroatoms. The summed E-state index contributed by atoms with van der Waals surface area (Å²) >= 11 is 0. The van der Waals surface area contributed by atoms with E-state index in [0.717, 1.165) is 0 Å². The molecule has 1 aromatic carbocycles. The van der Waals surface area contributed by atoms with Crippen LogP contribution in [-0.2, 0) is 14.3 Å². The Labute approximate surface area is 124 Å². The molecule has 116 valence electrons. The van der Waals surface area contributed by atoms with Gasteiger partial charge in [-0.05, 0) is 26.3 Å². The van der Waals surface area contributed by atoms with Crippen LogP contribution in [0.5, 0.6) is 0 Å². The molecule has 21 heavy (non-hydrogen) atoms. The zero-order valence-electron chi connectivity index (χ0n) is 12.4. The van der Waals surface area contributed by atoms with Gasteiger partial charge in [0.05, 0.1) is 12.7 Å². The predicted molar refractivity (Wildman–Crippen MR) is 76.6 cm³/mol. The molecule has 1 rings (SSSR count). The van der Waals surface area contributed by atoms with Crippen molar-refractivity contribution in [2.45, 2.75) is 39.0 Å². The molecule has 0 aliphatic carbocycles. The second-order valence-corrected chi connectivity index (χ2v) is 4.68. The molecular weight excluding hydrogens is 274 g/mol. The van der Waals surface area contributed by atoms with Gasteiger partial charge in [-0.3, -0.25) is 0 Å². The summed E-state index contributed by atoms with van der Waals surface area (Å²) in [6.07, 6.45) is -2.35. The van der Waals surface area contributed by atoms with Gasteiger partial charge in [0.1, 0.15) is 6.10 Å². The number of hydrogen-bond acceptors (Lipinski definition) is 5. The van der Waals surface area contributed by atoms with Crippen molar-refractivity contribution in [3.8, 4) is 0 Å². The van der Waals surface area contributed by atoms with Gasteiger partial charge in [0.2, 0.25) is 0 Å². The summed E-state index contributed by atoms with van der Waals surface area (Å²) in [5.74, 6) is -0.714. The molecule has 0 unspecified atom stereocenters. The van der Waals surface area contributed by atoms with Crippen LogP contribution in [0.2, 0.25) is 0 Å². The van der Waals surface area contributed by atoms with Gasteiger partial charge in [-0.25, -0.2) is 9.59 Å². The maximum absolute atomic E-state index is 12.1. The Balaban J connectivity index is 2.89. The van der Waals surface area contributed by atoms with E-state index in [4.69, 9.17) is 9.47 Å². The van der Waals surface area contributed by atoms with Crippen LogP contribution in [0.3, 0.4) is 0 Å². The monoisotopic (exact) mass is 295 g/mol. The minimum atomic E-state index is -1.23. The highest BCUT2D eigenvalue weighted by Gasteiger charge is 2.32. The molecule has 0 radical (unpaired) electrons. The Hall–Kier alpha value is -2.08. The van der Waals surface area contributed by atoms with E-state index in [1.54, 1.807) is 51.1 Å². The molecule has 0 saturated heterocycles. The third-order valence-electron chi connectivity index (χ3n) is 2.61. The maximum atomic E-state index is 12.1. The molecule has 0 bridgehead atoms. The van der Waals surface area contributed by atoms with Crippen molar-refractivity contribution in [1.82, 2.24) is 5.32 Å². The molecule has 0 spiro atoms. The summed E-state index contributed by atoms with van der Waals surface area (Å²) in [5, 5.41) is 12.6. The normalized spacial score (nSPS) is 13.4. The molecule has 0 aliphatic heterocycles. The number of amides is 1. The van der Waals surface area contributed by atoms with E-state index in [-0.39, 0.29) is 12.7 Å². The van der Waals surface area contributed by atoms with Crippen molar-refractivity contribution in [3.63, 3.8) is 0 Å². The lowest BCUT2D eigenvalue weighted by atomic mass is 10.0. The van der Waals surface area contributed by atoms with Gasteiger partial charge in [0.25, 0.3) is 0 Å². The molecule has 0 fully saturated rings. The lowest BCUT2D eigenvalue weighted by Gasteiger charge is -2.23. The number of ether oxygens (including phenoxy) is 2. The second-order valence-electron chi connectivity index (χ2n) is 4.68. The first-order valence-electron chi connectivity index (χ1n) is 6.82. The van der Waals surface area contributed by atoms with Crippen LogP contribution in [0.1, 0.15) is 32.4 Å². The van der Waals surface area contributed by atoms with E-state index in [0.29, 0.717) is 5.56 Å². The molecule has 1 amide bonds. The SMILES string of the molecule is CCOC(=O)N[C@H](C(=O)OC(C)C)[C@H](O)c1ccccc1. The fourth-order valence-electron chi connectivity index (χ4n) is 1.71. The van der Waals surface area contributed by atoms with Gasteiger partial charge in [0, 0.05) is 0 Å². The van der Waals surface area contributed by atoms with Gasteiger partial charge >= 0.3 is 12.1 Å². The number of aliphatic hydroxyl groups is 1. The van der Waals surface area contributed by atoms with Crippen LogP contribution >= 0.6 is 0 Å². The molecule has 0 saturated carbocycles. The van der Waals surface area contributed by atoms with Crippen molar-refractivity contribution in [1.29, 1.82) is 0 Å². The van der Waals surface area contributed by atoms with Crippen molar-refractivity contribution < 1.29 is 24.2 Å². The standard InChI is InChI=1S/C15H21NO5/c1-4-20-15(19)16-12(14(18)21-10(2)3)13(17)11-8-6-5-7-9-11/h5-10,12-13,17H,4H2,1-3H3,(H,16,19)/t12-,13+/m0/s1. The van der Waals surface area contributed by atoms with Gasteiger partial charge in [-0.2, -0.15) is 0 Å². The van der Waals surface area contributed by atoms with Crippen LogP contribution in [0.25, 0.3) is 0 Å². The summed E-state index contributed by atoms with van der Waals surface area (Å²) in [7, 11) is 0. The van der Waals surface area contributed by atoms with Crippen molar-refractivity contribution >= 4 is 12.1 Å². The molecule has 2 atom stereocenters. The van der Waals surface area contributed by atoms with Crippen LogP contribution in [0, 0.1) is 0 Å². The van der Waals surface area contributed by atoms with Crippen molar-refractivity contribution in [2.24, 2.45) is 0 Å². The topological polar surface area (TPSA) is 84.9 Å². The van der Waals surface area contributed by atoms with Crippen LogP contribution < -0.4 is 5.32 Å². The third kappa shape index (κ3) is 5.43. The summed E-state index contributed by atoms with van der Waals surface area (Å²) in [6, 6.07) is 7.34. The average molecular weight is 295 g/mol. The zero-order valence-corrected chi connectivity index (χ0v) is 12.4. The lowest BCUT2D eigenvalue weighted by molar-refractivity contribution is -0.153. The molecule has 2 N–H and O–H groups in total. The number of alkyl carbamates (subject to hydrolysis) is 1. The average Bonchev–Trinajstić information content (AvgIpc) is 2.44. The second kappa shape index (κ2) is 8.26. The van der Waals surface area contributed by atoms with Gasteiger partial charge < -0.3 is 19.9 Å². The van der Waals surface area contributed by atoms with Crippen LogP contribution in [0.4, 0.5) is 4.79 Å². The van der Waals surface area contributed by atoms with Crippen molar-refractivity contribution in [2.75, 3.05) is 6.61 Å². The highest BCUT2D eigenvalue weighted by Crippen LogP contribution is 2.18. The first-order chi connectivity index (χ1) is 9.95. The van der Waals surface area contributed by atoms with E-state index < -0.39 is 24.2 Å². The fourth-order valence-corrected chi connectivity index (χ4v) is 1.71. The third-order valence-corrected chi connectivity index (χ3v) is 2.61. The quantitative estimate of drug-likeness (QED) is 0.782. The maximum Gasteiger partial charge on any atom is 0.407 e. The number of esters is 1. The summed E-state index contributed by atoms with van der Waals surface area (Å²) in [5.41, 5.74) is 0.500. The molecule has 0 aromatic heterocycles. The minimum Gasteiger partial charge on any atom is -0.461 e. The zero-order chi connectivity index (χ0) is 15.8. The van der Waals surface area contributed by atoms with Crippen LogP contribution in [0.15, 0.2) is 30.3 Å². The molecular formula is C15H21NO5. The largest absolute Gasteiger partial charge is 0.461 e. The number of aliphatic hydroxyl groups excluding tert-OH is 1. The highest BCUT2D eigenvalue weighted by molar-refractivity contribution is 5.82. The number of carbonyl (C=O) groups is 2. The van der Waals surface area contributed by atoms with Crippen LogP contribution in [-0.4, -0.2) is 35.9 Å². The fraction of sp³-hybridized carbons (Fsp3) is 0.467. The number of carbonyl (C=O) groups excluding carboxylic acids is 2. The van der Waals surface area contributed by atoms with E-state index >= 15 is 0 Å². The number of rotatable bonds is 6. The molecule has 6 nitrogen and oxygen atoms in total. The van der Waals surface area contributed by atoms with Gasteiger partial charge in [-0.15, -0.1) is 0 Å². The van der Waals surface area contributed by atoms with E-state index in [1.165, 1.54) is 0 Å². The summed E-state index contributed by atoms with van der Waals surface area (Å²) < 4.78 is 9.81. The first-order valence-corrected chi connectivity index (χ1v) is 6.82. The van der Waals surface area contributed by atoms with Gasteiger partial charge in [-0.1, -0.05) is 30.3 Å². The molecule has 0 aliphatic rings. The van der Waals surface area contributed by atoms with Gasteiger partial charge in [0.15, 0.2) is 6.04 Å². The van der Waals surface area contributed by atoms with E-state index in [9.17, 15) is 14.7 Å². The first kappa shape index (κ1) is 17.0. The predicted octanol–water partition coefficient (Wildman–Crippen LogP) is 1.79. The molecule has 1 aromatic rings. The highest BCUT2D eigenvalue weighted by atomic mass is 16.6. The number of benzene rings is 1. The Morgan fingerprint density at radius 1 is 1.24 bits per heavy atom. The number of nitrogens with one attached hydrogen (secondary N) is 1. The smallest absolute Gasteiger partial charge is 0.407 e. The minimum absolute atomic E-state index is 0.166. The Kier molecular flexibility index (Phi) is 6.68. The van der Waals surface area contributed by atoms with E-state index in [1.807, 2.05) is 0 Å². The summed E-state index contributed by atoms with van der Waals surface area (Å²) in [4.78, 5) is 23.6. The Bertz CT molecular complexity index is 460. The Morgan fingerprint density at radius 3 is 2.38 bits per heavy atom. The lowest BCUT2D eigenvalue weighted by Crippen LogP contribution is -2.46. The number of hydrogen-bond donors (Lipinski definition) is 2. The van der Waals surface area contributed by atoms with Crippen molar-refractivity contribution in [3.05, 3.63) is 35.9 Å².